The first-order valence-corrected chi connectivity index (χ1v) is 18.3. The summed E-state index contributed by atoms with van der Waals surface area (Å²) in [6, 6.07) is 4.06. The molecule has 0 fully saturated rings. The Kier molecular flexibility index (Phi) is 20.2. The number of ether oxygens (including phenoxy) is 3. The highest BCUT2D eigenvalue weighted by Gasteiger charge is 2.19. The number of hydrogen-bond donors (Lipinski definition) is 4. The van der Waals surface area contributed by atoms with Crippen molar-refractivity contribution in [3.63, 3.8) is 0 Å². The molecular formula is C37H60N4O5S2. The van der Waals surface area contributed by atoms with Crippen LogP contribution < -0.4 is 25.7 Å². The summed E-state index contributed by atoms with van der Waals surface area (Å²) in [7, 11) is 9.17. The maximum Gasteiger partial charge on any atom is 0.407 e. The average Bonchev–Trinajstić information content (AvgIpc) is 3.03. The second-order valence-electron chi connectivity index (χ2n) is 13.0. The maximum atomic E-state index is 13.5. The molecule has 2 rings (SSSR count). The first-order valence-electron chi connectivity index (χ1n) is 16.7. The van der Waals surface area contributed by atoms with Crippen molar-refractivity contribution in [2.45, 2.75) is 91.7 Å². The molecule has 2 N–H and O–H groups in total. The van der Waals surface area contributed by atoms with Crippen LogP contribution in [0.15, 0.2) is 34.9 Å². The Morgan fingerprint density at radius 3 is 1.98 bits per heavy atom. The van der Waals surface area contributed by atoms with Crippen LogP contribution in [0.3, 0.4) is 0 Å². The van der Waals surface area contributed by atoms with Gasteiger partial charge < -0.3 is 34.3 Å². The van der Waals surface area contributed by atoms with E-state index >= 15 is 0 Å². The number of amides is 1. The number of thiol groups is 2. The van der Waals surface area contributed by atoms with Crippen LogP contribution in [0.1, 0.15) is 96.3 Å². The van der Waals surface area contributed by atoms with Gasteiger partial charge in [0, 0.05) is 49.7 Å². The van der Waals surface area contributed by atoms with E-state index in [9.17, 15) is 9.59 Å². The summed E-state index contributed by atoms with van der Waals surface area (Å²) < 4.78 is 18.5. The molecule has 1 aromatic heterocycles. The monoisotopic (exact) mass is 704 g/mol. The van der Waals surface area contributed by atoms with Crippen molar-refractivity contribution >= 4 is 41.6 Å². The van der Waals surface area contributed by atoms with Gasteiger partial charge in [0.2, 0.25) is 0 Å². The Labute approximate surface area is 299 Å². The van der Waals surface area contributed by atoms with Crippen LogP contribution in [0, 0.1) is 0 Å². The number of alkyl carbamates (subject to hydrolysis) is 1. The van der Waals surface area contributed by atoms with Crippen LogP contribution in [0.4, 0.5) is 4.79 Å². The third-order valence-corrected chi connectivity index (χ3v) is 7.40. The van der Waals surface area contributed by atoms with Crippen molar-refractivity contribution in [2.24, 2.45) is 7.05 Å². The van der Waals surface area contributed by atoms with Gasteiger partial charge in [-0.1, -0.05) is 44.8 Å². The highest BCUT2D eigenvalue weighted by atomic mass is 33.1. The highest BCUT2D eigenvalue weighted by molar-refractivity contribution is 8.59. The zero-order chi connectivity index (χ0) is 36.3. The molecule has 0 aliphatic rings. The molecular weight excluding hydrogens is 645 g/mol. The van der Waals surface area contributed by atoms with Crippen LogP contribution in [0.5, 0.6) is 11.5 Å². The maximum absolute atomic E-state index is 13.5. The van der Waals surface area contributed by atoms with Gasteiger partial charge in [0.15, 0.2) is 0 Å². The molecule has 2 aromatic rings. The van der Waals surface area contributed by atoms with Crippen molar-refractivity contribution in [3.05, 3.63) is 57.1 Å². The molecule has 48 heavy (non-hydrogen) atoms. The van der Waals surface area contributed by atoms with Crippen LogP contribution >= 0.6 is 23.3 Å². The molecule has 0 saturated heterocycles. The second-order valence-corrected chi connectivity index (χ2v) is 13.0. The van der Waals surface area contributed by atoms with Gasteiger partial charge in [-0.15, -0.1) is 23.3 Å². The lowest BCUT2D eigenvalue weighted by atomic mass is 9.94. The van der Waals surface area contributed by atoms with Gasteiger partial charge in [-0.3, -0.25) is 4.79 Å². The number of carbonyl (C=O) groups excluding carboxylic acids is 1. The number of rotatable bonds is 18. The van der Waals surface area contributed by atoms with Crippen LogP contribution in [0.2, 0.25) is 0 Å². The van der Waals surface area contributed by atoms with Gasteiger partial charge in [-0.25, -0.2) is 4.79 Å². The molecule has 0 unspecified atom stereocenters. The quantitative estimate of drug-likeness (QED) is 0.0708. The molecule has 0 radical (unpaired) electrons. The summed E-state index contributed by atoms with van der Waals surface area (Å²) >= 11 is 6.44. The first-order chi connectivity index (χ1) is 22.8. The number of benzene rings is 1. The molecule has 1 heterocycles. The number of nitrogens with one attached hydrogen (secondary N) is 2. The number of allylic oxidation sites excluding steroid dienone is 2. The zero-order valence-electron chi connectivity index (χ0n) is 30.9. The number of methoxy groups -OCH3 is 2. The van der Waals surface area contributed by atoms with Gasteiger partial charge in [-0.05, 0) is 90.4 Å². The predicted octanol–water partition coefficient (Wildman–Crippen LogP) is 8.13. The molecule has 0 spiro atoms. The largest absolute Gasteiger partial charge is 0.496 e. The number of nitrogens with zero attached hydrogens (tertiary/aromatic N) is 2. The van der Waals surface area contributed by atoms with Gasteiger partial charge in [0.25, 0.3) is 5.56 Å². The van der Waals surface area contributed by atoms with E-state index in [-0.39, 0.29) is 11.7 Å². The molecule has 1 aromatic carbocycles. The summed E-state index contributed by atoms with van der Waals surface area (Å²) in [5.41, 5.74) is 4.77. The lowest BCUT2D eigenvalue weighted by Crippen LogP contribution is -2.32. The van der Waals surface area contributed by atoms with Gasteiger partial charge in [0.05, 0.1) is 19.8 Å². The average molecular weight is 705 g/mol. The van der Waals surface area contributed by atoms with Crippen molar-refractivity contribution < 1.29 is 19.0 Å². The second kappa shape index (κ2) is 22.6. The summed E-state index contributed by atoms with van der Waals surface area (Å²) in [5.74, 6) is 1.49. The predicted molar refractivity (Wildman–Crippen MR) is 209 cm³/mol. The molecule has 0 atom stereocenters. The highest BCUT2D eigenvalue weighted by Crippen LogP contribution is 2.37. The van der Waals surface area contributed by atoms with Gasteiger partial charge >= 0.3 is 6.09 Å². The van der Waals surface area contributed by atoms with E-state index in [0.717, 1.165) is 90.9 Å². The number of aryl methyl sites for hydroxylation is 1. The molecule has 0 aliphatic heterocycles. The fourth-order valence-corrected chi connectivity index (χ4v) is 5.18. The standard InChI is InChI=1S/C37H58N4O5.H2S2/c1-11-12-19-29-30(22-27(2)38-20-17-15-13-14-16-18-21-39-36(43)46-37(3,4)5)35(42)41(8)26-31(29)28-23-33(44-9)32(25-40(6)7)34(24-28)45-10;1-2/h12,19,22-24,26,38H,11,13-18,20-21,25H2,1-10H3,(H,39,43);1-2H/b19-12+,27-22+;. The third-order valence-electron chi connectivity index (χ3n) is 7.40. The topological polar surface area (TPSA) is 94.1 Å². The van der Waals surface area contributed by atoms with Crippen LogP contribution in [-0.2, 0) is 18.3 Å². The number of hydrogen-bond acceptors (Lipinski definition) is 9. The molecule has 0 bridgehead atoms. The molecule has 0 aliphatic carbocycles. The minimum atomic E-state index is -0.471. The Morgan fingerprint density at radius 2 is 1.48 bits per heavy atom. The summed E-state index contributed by atoms with van der Waals surface area (Å²) in [5, 5.41) is 6.33. The zero-order valence-corrected chi connectivity index (χ0v) is 32.7. The Balaban J connectivity index is 0.00000565. The fraction of sp³-hybridized carbons (Fsp3) is 0.568. The lowest BCUT2D eigenvalue weighted by Gasteiger charge is -2.20. The number of carbonyl (C=O) groups is 1. The van der Waals surface area contributed by atoms with E-state index in [1.165, 1.54) is 0 Å². The van der Waals surface area contributed by atoms with E-state index in [1.807, 2.05) is 72.3 Å². The summed E-state index contributed by atoms with van der Waals surface area (Å²) in [4.78, 5) is 27.3. The minimum absolute atomic E-state index is 0.0510. The molecule has 1 amide bonds. The SMILES string of the molecule is CC/C=C/c1c(-c2cc(OC)c(CN(C)C)c(OC)c2)cn(C)c(=O)c1/C=C(\C)NCCCCCCCCNC(=O)OC(C)(C)C.SS. The third kappa shape index (κ3) is 15.0. The minimum Gasteiger partial charge on any atom is -0.496 e. The summed E-state index contributed by atoms with van der Waals surface area (Å²) in [6.07, 6.45) is 15.0. The number of pyridine rings is 1. The Morgan fingerprint density at radius 1 is 0.938 bits per heavy atom. The van der Waals surface area contributed by atoms with Gasteiger partial charge in [0.1, 0.15) is 17.1 Å². The number of aromatic nitrogens is 1. The first kappa shape index (κ1) is 43.0. The van der Waals surface area contributed by atoms with Crippen LogP contribution in [-0.4, -0.2) is 62.6 Å². The van der Waals surface area contributed by atoms with Crippen molar-refractivity contribution in [3.8, 4) is 22.6 Å². The Bertz CT molecular complexity index is 1370. The molecule has 11 heteroatoms. The van der Waals surface area contributed by atoms with E-state index in [4.69, 9.17) is 14.2 Å². The van der Waals surface area contributed by atoms with Crippen molar-refractivity contribution in [1.29, 1.82) is 0 Å². The molecule has 0 saturated carbocycles. The fourth-order valence-electron chi connectivity index (χ4n) is 5.18. The van der Waals surface area contributed by atoms with Crippen molar-refractivity contribution in [2.75, 3.05) is 41.4 Å². The van der Waals surface area contributed by atoms with E-state index in [2.05, 4.69) is 51.9 Å². The smallest absolute Gasteiger partial charge is 0.407 e. The van der Waals surface area contributed by atoms with E-state index in [0.29, 0.717) is 18.7 Å². The molecule has 9 nitrogen and oxygen atoms in total. The summed E-state index contributed by atoms with van der Waals surface area (Å²) in [6.45, 7) is 11.8. The van der Waals surface area contributed by atoms with Crippen LogP contribution in [0.25, 0.3) is 23.3 Å². The lowest BCUT2D eigenvalue weighted by molar-refractivity contribution is 0.0527. The van der Waals surface area contributed by atoms with Crippen molar-refractivity contribution in [1.82, 2.24) is 20.1 Å². The Hall–Kier alpha value is -3.02. The van der Waals surface area contributed by atoms with E-state index < -0.39 is 5.60 Å². The van der Waals surface area contributed by atoms with Gasteiger partial charge in [-0.2, -0.15) is 0 Å². The normalized spacial score (nSPS) is 11.7. The number of unbranched alkanes of at least 4 members (excludes halogenated alkanes) is 5. The van der Waals surface area contributed by atoms with E-state index in [1.54, 1.807) is 25.8 Å². The molecule has 270 valence electrons.